The van der Waals surface area contributed by atoms with Gasteiger partial charge in [0.2, 0.25) is 0 Å². The Hall–Kier alpha value is -2.63. The molecule has 3 heterocycles. The maximum atomic E-state index is 13.4. The Balaban J connectivity index is 1.91. The molecule has 4 rings (SSSR count). The molecule has 26 heavy (non-hydrogen) atoms. The summed E-state index contributed by atoms with van der Waals surface area (Å²) in [4.78, 5) is 20.0. The van der Waals surface area contributed by atoms with Crippen molar-refractivity contribution < 1.29 is 13.7 Å². The molecule has 0 radical (unpaired) electrons. The Bertz CT molecular complexity index is 993. The maximum Gasteiger partial charge on any atom is 0.259 e. The number of fused-ring (bicyclic) bond motifs is 1. The summed E-state index contributed by atoms with van der Waals surface area (Å²) in [6, 6.07) is 4.25. The van der Waals surface area contributed by atoms with Gasteiger partial charge in [-0.1, -0.05) is 5.16 Å². The molecule has 0 aliphatic heterocycles. The molecule has 6 nitrogen and oxygen atoms in total. The zero-order chi connectivity index (χ0) is 18.6. The zero-order valence-corrected chi connectivity index (χ0v) is 15.8. The largest absolute Gasteiger partial charge is 0.466 e. The number of carbonyl (C=O) groups is 1. The van der Waals surface area contributed by atoms with Crippen molar-refractivity contribution in [3.8, 4) is 11.3 Å². The highest BCUT2D eigenvalue weighted by Crippen LogP contribution is 2.34. The fraction of sp³-hybridized carbons (Fsp3) is 0.450. The Morgan fingerprint density at radius 1 is 1.23 bits per heavy atom. The van der Waals surface area contributed by atoms with Gasteiger partial charge in [-0.2, -0.15) is 0 Å². The Labute approximate surface area is 152 Å². The lowest BCUT2D eigenvalue weighted by Gasteiger charge is -2.27. The molecule has 0 saturated heterocycles. The molecule has 136 valence electrons. The van der Waals surface area contributed by atoms with Crippen LogP contribution < -0.4 is 0 Å². The topological polar surface area (TPSA) is 72.4 Å². The first-order valence-corrected chi connectivity index (χ1v) is 9.04. The molecule has 1 fully saturated rings. The number of hydrogen-bond donors (Lipinski definition) is 0. The molecule has 3 aromatic heterocycles. The average Bonchev–Trinajstić information content (AvgIpc) is 3.25. The van der Waals surface area contributed by atoms with Crippen molar-refractivity contribution in [1.29, 1.82) is 0 Å². The van der Waals surface area contributed by atoms with Gasteiger partial charge in [-0.15, -0.1) is 0 Å². The SMILES string of the molecule is Cc1cc(-c2cc(C(=O)N(C(C)C)C3CC3)c3c(C)noc3n2)c(C)o1. The maximum absolute atomic E-state index is 13.4. The van der Waals surface area contributed by atoms with E-state index in [4.69, 9.17) is 8.94 Å². The van der Waals surface area contributed by atoms with E-state index in [-0.39, 0.29) is 11.9 Å². The third kappa shape index (κ3) is 2.69. The highest BCUT2D eigenvalue weighted by atomic mass is 16.5. The number of furan rings is 1. The van der Waals surface area contributed by atoms with E-state index < -0.39 is 0 Å². The molecular formula is C20H23N3O3. The standard InChI is InChI=1S/C20H23N3O3/c1-10(2)23(14-6-7-14)20(24)16-9-17(15-8-11(3)25-13(15)5)21-19-18(16)12(4)22-26-19/h8-10,14H,6-7H2,1-5H3. The second-order valence-corrected chi connectivity index (χ2v) is 7.37. The molecule has 1 saturated carbocycles. The van der Waals surface area contributed by atoms with Gasteiger partial charge in [-0.3, -0.25) is 4.79 Å². The van der Waals surface area contributed by atoms with Crippen molar-refractivity contribution in [2.45, 2.75) is 59.5 Å². The number of aromatic nitrogens is 2. The van der Waals surface area contributed by atoms with Crippen LogP contribution in [0.5, 0.6) is 0 Å². The summed E-state index contributed by atoms with van der Waals surface area (Å²) < 4.78 is 11.0. The molecule has 1 aliphatic carbocycles. The summed E-state index contributed by atoms with van der Waals surface area (Å²) in [5, 5.41) is 4.73. The van der Waals surface area contributed by atoms with E-state index in [0.717, 1.165) is 29.9 Å². The van der Waals surface area contributed by atoms with Gasteiger partial charge in [-0.05, 0) is 59.6 Å². The van der Waals surface area contributed by atoms with Crippen molar-refractivity contribution >= 4 is 17.0 Å². The zero-order valence-electron chi connectivity index (χ0n) is 15.8. The molecule has 0 bridgehead atoms. The fourth-order valence-electron chi connectivity index (χ4n) is 3.60. The van der Waals surface area contributed by atoms with Crippen molar-refractivity contribution in [3.63, 3.8) is 0 Å². The first kappa shape index (κ1) is 16.8. The molecular weight excluding hydrogens is 330 g/mol. The second kappa shape index (κ2) is 5.97. The van der Waals surface area contributed by atoms with E-state index >= 15 is 0 Å². The number of nitrogens with zero attached hydrogens (tertiary/aromatic N) is 3. The third-order valence-electron chi connectivity index (χ3n) is 4.90. The highest BCUT2D eigenvalue weighted by Gasteiger charge is 2.36. The average molecular weight is 353 g/mol. The van der Waals surface area contributed by atoms with Gasteiger partial charge in [0, 0.05) is 17.6 Å². The van der Waals surface area contributed by atoms with Crippen molar-refractivity contribution in [1.82, 2.24) is 15.0 Å². The van der Waals surface area contributed by atoms with Crippen LogP contribution in [0.2, 0.25) is 0 Å². The predicted molar refractivity (Wildman–Crippen MR) is 98.0 cm³/mol. The van der Waals surface area contributed by atoms with Crippen molar-refractivity contribution in [2.24, 2.45) is 0 Å². The Kier molecular flexibility index (Phi) is 3.86. The quantitative estimate of drug-likeness (QED) is 0.694. The van der Waals surface area contributed by atoms with Gasteiger partial charge in [0.25, 0.3) is 11.6 Å². The van der Waals surface area contributed by atoms with Crippen LogP contribution in [0.4, 0.5) is 0 Å². The number of amides is 1. The summed E-state index contributed by atoms with van der Waals surface area (Å²) in [6.07, 6.45) is 2.13. The van der Waals surface area contributed by atoms with E-state index in [1.165, 1.54) is 0 Å². The van der Waals surface area contributed by atoms with Gasteiger partial charge in [-0.25, -0.2) is 4.98 Å². The summed E-state index contributed by atoms with van der Waals surface area (Å²) in [7, 11) is 0. The number of hydrogen-bond acceptors (Lipinski definition) is 5. The lowest BCUT2D eigenvalue weighted by molar-refractivity contribution is 0.0692. The molecule has 3 aromatic rings. The molecule has 1 aliphatic rings. The molecule has 6 heteroatoms. The van der Waals surface area contributed by atoms with Crippen LogP contribution in [0.25, 0.3) is 22.4 Å². The minimum atomic E-state index is 0.0142. The summed E-state index contributed by atoms with van der Waals surface area (Å²) >= 11 is 0. The molecule has 0 atom stereocenters. The van der Waals surface area contributed by atoms with Crippen LogP contribution >= 0.6 is 0 Å². The number of rotatable bonds is 4. The molecule has 0 N–H and O–H groups in total. The van der Waals surface area contributed by atoms with Gasteiger partial charge in [0.05, 0.1) is 22.3 Å². The van der Waals surface area contributed by atoms with E-state index in [9.17, 15) is 4.79 Å². The van der Waals surface area contributed by atoms with Crippen LogP contribution in [0.3, 0.4) is 0 Å². The molecule has 0 aromatic carbocycles. The van der Waals surface area contributed by atoms with Crippen LogP contribution in [0, 0.1) is 20.8 Å². The predicted octanol–water partition coefficient (Wildman–Crippen LogP) is 4.42. The number of carbonyl (C=O) groups excluding carboxylic acids is 1. The summed E-state index contributed by atoms with van der Waals surface area (Å²) in [6.45, 7) is 9.74. The normalized spacial score (nSPS) is 14.4. The van der Waals surface area contributed by atoms with Gasteiger partial charge < -0.3 is 13.8 Å². The lowest BCUT2D eigenvalue weighted by atomic mass is 10.0. The van der Waals surface area contributed by atoms with Gasteiger partial charge >= 0.3 is 0 Å². The lowest BCUT2D eigenvalue weighted by Crippen LogP contribution is -2.38. The van der Waals surface area contributed by atoms with Gasteiger partial charge in [0.15, 0.2) is 0 Å². The van der Waals surface area contributed by atoms with Crippen LogP contribution in [-0.2, 0) is 0 Å². The van der Waals surface area contributed by atoms with E-state index in [0.29, 0.717) is 34.1 Å². The van der Waals surface area contributed by atoms with E-state index in [1.54, 1.807) is 0 Å². The first-order valence-electron chi connectivity index (χ1n) is 9.04. The first-order chi connectivity index (χ1) is 12.4. The molecule has 0 unspecified atom stereocenters. The fourth-order valence-corrected chi connectivity index (χ4v) is 3.60. The number of aryl methyl sites for hydroxylation is 3. The minimum Gasteiger partial charge on any atom is -0.466 e. The Morgan fingerprint density at radius 2 is 1.96 bits per heavy atom. The smallest absolute Gasteiger partial charge is 0.259 e. The molecule has 0 spiro atoms. The minimum absolute atomic E-state index is 0.0142. The summed E-state index contributed by atoms with van der Waals surface area (Å²) in [5.74, 6) is 1.59. The van der Waals surface area contributed by atoms with E-state index in [1.807, 2.05) is 37.8 Å². The summed E-state index contributed by atoms with van der Waals surface area (Å²) in [5.41, 5.74) is 3.21. The van der Waals surface area contributed by atoms with Gasteiger partial charge in [0.1, 0.15) is 11.5 Å². The second-order valence-electron chi connectivity index (χ2n) is 7.37. The van der Waals surface area contributed by atoms with Crippen molar-refractivity contribution in [3.05, 3.63) is 34.9 Å². The van der Waals surface area contributed by atoms with Crippen LogP contribution in [-0.4, -0.2) is 33.0 Å². The third-order valence-corrected chi connectivity index (χ3v) is 4.90. The number of pyridine rings is 1. The monoisotopic (exact) mass is 353 g/mol. The van der Waals surface area contributed by atoms with Crippen molar-refractivity contribution in [2.75, 3.05) is 0 Å². The Morgan fingerprint density at radius 3 is 2.54 bits per heavy atom. The van der Waals surface area contributed by atoms with Crippen LogP contribution in [0.15, 0.2) is 21.1 Å². The highest BCUT2D eigenvalue weighted by molar-refractivity contribution is 6.07. The molecule has 1 amide bonds. The van der Waals surface area contributed by atoms with E-state index in [2.05, 4.69) is 24.0 Å². The van der Waals surface area contributed by atoms with Crippen LogP contribution in [0.1, 0.15) is 54.3 Å².